The number of aromatic nitrogens is 1. The number of benzene rings is 1. The number of carbonyl (C=O) groups excluding carboxylic acids is 1. The molecule has 0 unspecified atom stereocenters. The molecule has 1 aromatic carbocycles. The number of aryl methyl sites for hydroxylation is 1. The number of ketones is 1. The highest BCUT2D eigenvalue weighted by Gasteiger charge is 2.19. The van der Waals surface area contributed by atoms with Gasteiger partial charge in [0.2, 0.25) is 0 Å². The molecule has 0 saturated heterocycles. The molecule has 0 fully saturated rings. The fourth-order valence-electron chi connectivity index (χ4n) is 2.08. The maximum absolute atomic E-state index is 12.1. The molecule has 5 nitrogen and oxygen atoms in total. The van der Waals surface area contributed by atoms with E-state index < -0.39 is 0 Å². The molecule has 2 N–H and O–H groups in total. The number of allylic oxidation sites excluding steroid dienone is 1. The second-order valence-corrected chi connectivity index (χ2v) is 5.02. The van der Waals surface area contributed by atoms with Gasteiger partial charge in [-0.1, -0.05) is 35.8 Å². The number of hydrogen-bond acceptors (Lipinski definition) is 5. The Bertz CT molecular complexity index is 726. The fraction of sp³-hybridized carbons (Fsp3) is 0.0625. The lowest BCUT2D eigenvalue weighted by molar-refractivity contribution is 0.104. The lowest BCUT2D eigenvalue weighted by Gasteiger charge is -2.00. The quantitative estimate of drug-likeness (QED) is 0.511. The zero-order chi connectivity index (χ0) is 15.4. The van der Waals surface area contributed by atoms with Gasteiger partial charge < -0.3 is 5.43 Å². The van der Waals surface area contributed by atoms with Gasteiger partial charge in [-0.3, -0.25) is 14.7 Å². The molecular weight excluding hydrogens is 275 g/mol. The first-order chi connectivity index (χ1) is 10.7. The topological polar surface area (TPSA) is 66.4 Å². The summed E-state index contributed by atoms with van der Waals surface area (Å²) in [5.41, 5.74) is 5.69. The number of hydrogen-bond donors (Lipinski definition) is 2. The molecule has 0 saturated carbocycles. The molecule has 0 bridgehead atoms. The van der Waals surface area contributed by atoms with Crippen molar-refractivity contribution in [2.75, 3.05) is 0 Å². The van der Waals surface area contributed by atoms with Crippen LogP contribution in [-0.4, -0.2) is 23.6 Å². The second-order valence-electron chi connectivity index (χ2n) is 5.02. The van der Waals surface area contributed by atoms with Crippen LogP contribution in [0.25, 0.3) is 0 Å². The van der Waals surface area contributed by atoms with E-state index in [0.717, 1.165) is 11.1 Å². The summed E-state index contributed by atoms with van der Waals surface area (Å²) < 4.78 is 0. The zero-order valence-corrected chi connectivity index (χ0v) is 12.2. The molecule has 1 aliphatic heterocycles. The minimum absolute atomic E-state index is 0.0353. The van der Waals surface area contributed by atoms with Crippen LogP contribution in [0.3, 0.4) is 0 Å². The van der Waals surface area contributed by atoms with E-state index in [-0.39, 0.29) is 12.8 Å². The van der Waals surface area contributed by atoms with Gasteiger partial charge in [-0.2, -0.15) is 0 Å². The molecule has 0 amide bonds. The highest BCUT2D eigenvalue weighted by atomic mass is 16.1. The summed E-state index contributed by atoms with van der Waals surface area (Å²) in [5, 5.41) is 3.00. The van der Waals surface area contributed by atoms with E-state index in [1.807, 2.05) is 43.3 Å². The van der Waals surface area contributed by atoms with Crippen LogP contribution in [0, 0.1) is 6.92 Å². The van der Waals surface area contributed by atoms with Gasteiger partial charge in [0.1, 0.15) is 5.84 Å². The maximum atomic E-state index is 12.1. The van der Waals surface area contributed by atoms with Gasteiger partial charge >= 0.3 is 6.98 Å². The molecular formula is C16H15BN4O. The average Bonchev–Trinajstić information content (AvgIpc) is 3.03. The van der Waals surface area contributed by atoms with Crippen molar-refractivity contribution in [3.63, 3.8) is 0 Å². The molecule has 1 aromatic heterocycles. The first-order valence-corrected chi connectivity index (χ1v) is 7.01. The van der Waals surface area contributed by atoms with Crippen molar-refractivity contribution in [1.29, 1.82) is 0 Å². The first kappa shape index (κ1) is 14.2. The van der Waals surface area contributed by atoms with E-state index in [4.69, 9.17) is 0 Å². The molecule has 3 rings (SSSR count). The second kappa shape index (κ2) is 6.36. The van der Waals surface area contributed by atoms with Crippen molar-refractivity contribution in [1.82, 2.24) is 15.7 Å². The minimum atomic E-state index is -0.274. The van der Waals surface area contributed by atoms with Gasteiger partial charge in [0.25, 0.3) is 0 Å². The molecule has 2 heterocycles. The number of carbonyl (C=O) groups is 1. The Kier molecular flexibility index (Phi) is 4.11. The van der Waals surface area contributed by atoms with Crippen molar-refractivity contribution in [3.8, 4) is 0 Å². The van der Waals surface area contributed by atoms with Crippen molar-refractivity contribution >= 4 is 18.6 Å². The van der Waals surface area contributed by atoms with Gasteiger partial charge in [0, 0.05) is 23.5 Å². The normalized spacial score (nSPS) is 14.0. The molecule has 0 radical (unpaired) electrons. The third-order valence-corrected chi connectivity index (χ3v) is 3.31. The number of nitrogens with zero attached hydrogens (tertiary/aromatic N) is 2. The number of amidine groups is 1. The molecule has 108 valence electrons. The summed E-state index contributed by atoms with van der Waals surface area (Å²) in [6, 6.07) is 11.3. The van der Waals surface area contributed by atoms with Crippen LogP contribution < -0.4 is 10.8 Å². The Morgan fingerprint density at radius 1 is 1.23 bits per heavy atom. The largest absolute Gasteiger partial charge is 0.407 e. The number of nitrogens with one attached hydrogen (secondary N) is 2. The summed E-state index contributed by atoms with van der Waals surface area (Å²) in [6.45, 7) is 1.72. The standard InChI is InChI=1S/C16H15BN4O/c1-12-4-6-13(7-5-12)15(22)8-9-17-19-16(20-21-17)14-3-2-10-18-11-14/h2-11,21H,1H3,(H,19,20)/b9-8+. The van der Waals surface area contributed by atoms with E-state index in [1.54, 1.807) is 24.4 Å². The minimum Gasteiger partial charge on any atom is -0.315 e. The summed E-state index contributed by atoms with van der Waals surface area (Å²) in [4.78, 5) is 20.6. The SMILES string of the molecule is Cc1ccc(C(=O)/C=C/B2N=C(c3cccnc3)NN2)cc1. The Morgan fingerprint density at radius 2 is 2.05 bits per heavy atom. The summed E-state index contributed by atoms with van der Waals surface area (Å²) in [6.07, 6.45) is 4.99. The molecule has 6 heteroatoms. The zero-order valence-electron chi connectivity index (χ0n) is 12.2. The van der Waals surface area contributed by atoms with Gasteiger partial charge in [0.05, 0.1) is 0 Å². The van der Waals surface area contributed by atoms with Crippen molar-refractivity contribution < 1.29 is 4.79 Å². The van der Waals surface area contributed by atoms with Crippen LogP contribution in [0.1, 0.15) is 21.5 Å². The lowest BCUT2D eigenvalue weighted by atomic mass is 9.79. The van der Waals surface area contributed by atoms with Crippen LogP contribution >= 0.6 is 0 Å². The fourth-order valence-corrected chi connectivity index (χ4v) is 2.08. The Morgan fingerprint density at radius 3 is 2.77 bits per heavy atom. The van der Waals surface area contributed by atoms with E-state index in [2.05, 4.69) is 20.6 Å². The monoisotopic (exact) mass is 290 g/mol. The number of hydrazine groups is 1. The smallest absolute Gasteiger partial charge is 0.315 e. The predicted octanol–water partition coefficient (Wildman–Crippen LogP) is 1.71. The van der Waals surface area contributed by atoms with E-state index >= 15 is 0 Å². The molecule has 0 aliphatic carbocycles. The van der Waals surface area contributed by atoms with E-state index in [1.165, 1.54) is 0 Å². The predicted molar refractivity (Wildman–Crippen MR) is 87.4 cm³/mol. The summed E-state index contributed by atoms with van der Waals surface area (Å²) >= 11 is 0. The molecule has 22 heavy (non-hydrogen) atoms. The maximum Gasteiger partial charge on any atom is 0.407 e. The van der Waals surface area contributed by atoms with E-state index in [9.17, 15) is 4.79 Å². The van der Waals surface area contributed by atoms with Gasteiger partial charge in [-0.05, 0) is 25.1 Å². The van der Waals surface area contributed by atoms with Gasteiger partial charge in [-0.15, -0.1) is 0 Å². The summed E-state index contributed by atoms with van der Waals surface area (Å²) in [5.74, 6) is 2.41. The van der Waals surface area contributed by atoms with Crippen LogP contribution in [-0.2, 0) is 0 Å². The highest BCUT2D eigenvalue weighted by molar-refractivity contribution is 6.63. The van der Waals surface area contributed by atoms with Gasteiger partial charge in [-0.25, -0.2) is 5.34 Å². The highest BCUT2D eigenvalue weighted by Crippen LogP contribution is 2.06. The number of pyridine rings is 1. The van der Waals surface area contributed by atoms with Crippen molar-refractivity contribution in [2.45, 2.75) is 6.92 Å². The molecule has 1 aliphatic rings. The average molecular weight is 290 g/mol. The molecule has 0 spiro atoms. The van der Waals surface area contributed by atoms with Crippen LogP contribution in [0.4, 0.5) is 0 Å². The Hall–Kier alpha value is -2.73. The third-order valence-electron chi connectivity index (χ3n) is 3.31. The van der Waals surface area contributed by atoms with Crippen LogP contribution in [0.2, 0.25) is 0 Å². The lowest BCUT2D eigenvalue weighted by Crippen LogP contribution is -2.37. The van der Waals surface area contributed by atoms with Crippen molar-refractivity contribution in [3.05, 3.63) is 77.5 Å². The first-order valence-electron chi connectivity index (χ1n) is 7.01. The molecule has 0 atom stereocenters. The van der Waals surface area contributed by atoms with E-state index in [0.29, 0.717) is 11.4 Å². The molecule has 2 aromatic rings. The summed E-state index contributed by atoms with van der Waals surface area (Å²) in [7, 11) is 0. The number of rotatable bonds is 4. The van der Waals surface area contributed by atoms with Crippen LogP contribution in [0.15, 0.2) is 65.7 Å². The van der Waals surface area contributed by atoms with Gasteiger partial charge in [0.15, 0.2) is 5.78 Å². The van der Waals surface area contributed by atoms with Crippen LogP contribution in [0.5, 0.6) is 0 Å². The Labute approximate surface area is 129 Å². The Balaban J connectivity index is 1.67. The third kappa shape index (κ3) is 3.29. The van der Waals surface area contributed by atoms with Crippen molar-refractivity contribution in [2.24, 2.45) is 4.90 Å².